The topological polar surface area (TPSA) is 79.7 Å². The van der Waals surface area contributed by atoms with Crippen molar-refractivity contribution in [3.05, 3.63) is 54.1 Å². The summed E-state index contributed by atoms with van der Waals surface area (Å²) in [7, 11) is 1.81. The van der Waals surface area contributed by atoms with Crippen molar-refractivity contribution in [1.82, 2.24) is 29.9 Å². The lowest BCUT2D eigenvalue weighted by Gasteiger charge is -2.22. The van der Waals surface area contributed by atoms with Gasteiger partial charge in [0.05, 0.1) is 17.8 Å². The lowest BCUT2D eigenvalue weighted by atomic mass is 10.2. The maximum absolute atomic E-state index is 12.7. The molecule has 1 aliphatic rings. The fourth-order valence-electron chi connectivity index (χ4n) is 3.13. The van der Waals surface area contributed by atoms with Gasteiger partial charge in [0, 0.05) is 25.4 Å². The summed E-state index contributed by atoms with van der Waals surface area (Å²) in [6.45, 7) is 0.722. The normalized spacial score (nSPS) is 17.4. The lowest BCUT2D eigenvalue weighted by molar-refractivity contribution is 0.0730. The molecular formula is C17H18N6O. The van der Waals surface area contributed by atoms with E-state index in [-0.39, 0.29) is 11.9 Å². The number of benzene rings is 1. The molecule has 4 rings (SSSR count). The van der Waals surface area contributed by atoms with Crippen LogP contribution in [0.15, 0.2) is 42.7 Å². The molecule has 7 nitrogen and oxygen atoms in total. The number of hydrogen-bond acceptors (Lipinski definition) is 4. The maximum Gasteiger partial charge on any atom is 0.257 e. The Morgan fingerprint density at radius 3 is 2.88 bits per heavy atom. The average molecular weight is 322 g/mol. The highest BCUT2D eigenvalue weighted by Crippen LogP contribution is 2.32. The van der Waals surface area contributed by atoms with Gasteiger partial charge in [-0.25, -0.2) is 4.98 Å². The molecule has 1 amide bonds. The summed E-state index contributed by atoms with van der Waals surface area (Å²) < 4.78 is 1.64. The summed E-state index contributed by atoms with van der Waals surface area (Å²) in [6, 6.07) is 9.75. The van der Waals surface area contributed by atoms with E-state index in [9.17, 15) is 4.79 Å². The van der Waals surface area contributed by atoms with E-state index in [1.807, 2.05) is 35.2 Å². The number of hydrogen-bond donors (Lipinski definition) is 1. The van der Waals surface area contributed by atoms with Crippen molar-refractivity contribution in [1.29, 1.82) is 0 Å². The molecule has 0 aliphatic carbocycles. The Morgan fingerprint density at radius 2 is 2.12 bits per heavy atom. The molecule has 1 unspecified atom stereocenters. The molecule has 0 radical (unpaired) electrons. The summed E-state index contributed by atoms with van der Waals surface area (Å²) in [6.07, 6.45) is 5.19. The van der Waals surface area contributed by atoms with Crippen LogP contribution < -0.4 is 0 Å². The number of rotatable bonds is 3. The SMILES string of the molecule is Cn1cc(C(=O)N2CCCC2c2nc(-c3ccccc3)n[nH]2)cn1. The first-order valence-electron chi connectivity index (χ1n) is 8.00. The number of nitrogens with one attached hydrogen (secondary N) is 1. The molecule has 122 valence electrons. The molecular weight excluding hydrogens is 304 g/mol. The highest BCUT2D eigenvalue weighted by Gasteiger charge is 2.33. The Labute approximate surface area is 139 Å². The summed E-state index contributed by atoms with van der Waals surface area (Å²) in [5, 5.41) is 11.4. The van der Waals surface area contributed by atoms with Crippen molar-refractivity contribution >= 4 is 5.91 Å². The quantitative estimate of drug-likeness (QED) is 0.801. The number of H-pyrrole nitrogens is 1. The van der Waals surface area contributed by atoms with Crippen LogP contribution in [0.25, 0.3) is 11.4 Å². The van der Waals surface area contributed by atoms with Gasteiger partial charge in [-0.1, -0.05) is 30.3 Å². The van der Waals surface area contributed by atoms with Crippen molar-refractivity contribution in [3.8, 4) is 11.4 Å². The van der Waals surface area contributed by atoms with Crippen LogP contribution in [0.2, 0.25) is 0 Å². The Bertz CT molecular complexity index is 853. The number of aryl methyl sites for hydroxylation is 1. The van der Waals surface area contributed by atoms with Crippen LogP contribution in [-0.2, 0) is 7.05 Å². The average Bonchev–Trinajstić information content (AvgIpc) is 3.34. The van der Waals surface area contributed by atoms with Gasteiger partial charge in [-0.3, -0.25) is 14.6 Å². The fourth-order valence-corrected chi connectivity index (χ4v) is 3.13. The first-order chi connectivity index (χ1) is 11.7. The zero-order valence-electron chi connectivity index (χ0n) is 13.4. The van der Waals surface area contributed by atoms with Gasteiger partial charge in [-0.05, 0) is 12.8 Å². The highest BCUT2D eigenvalue weighted by atomic mass is 16.2. The zero-order chi connectivity index (χ0) is 16.5. The molecule has 1 atom stereocenters. The monoisotopic (exact) mass is 322 g/mol. The van der Waals surface area contributed by atoms with Crippen molar-refractivity contribution in [2.75, 3.05) is 6.54 Å². The van der Waals surface area contributed by atoms with E-state index in [2.05, 4.69) is 20.3 Å². The van der Waals surface area contributed by atoms with Gasteiger partial charge < -0.3 is 4.90 Å². The second-order valence-corrected chi connectivity index (χ2v) is 5.97. The second-order valence-electron chi connectivity index (χ2n) is 5.97. The minimum absolute atomic E-state index is 0.0109. The molecule has 1 saturated heterocycles. The van der Waals surface area contributed by atoms with Crippen molar-refractivity contribution in [2.24, 2.45) is 7.05 Å². The summed E-state index contributed by atoms with van der Waals surface area (Å²) in [4.78, 5) is 19.2. The molecule has 1 aliphatic heterocycles. The third kappa shape index (κ3) is 2.58. The summed E-state index contributed by atoms with van der Waals surface area (Å²) >= 11 is 0. The second kappa shape index (κ2) is 5.92. The largest absolute Gasteiger partial charge is 0.328 e. The van der Waals surface area contributed by atoms with Gasteiger partial charge >= 0.3 is 0 Å². The van der Waals surface area contributed by atoms with Gasteiger partial charge in [0.15, 0.2) is 5.82 Å². The maximum atomic E-state index is 12.7. The number of nitrogens with zero attached hydrogens (tertiary/aromatic N) is 5. The van der Waals surface area contributed by atoms with E-state index < -0.39 is 0 Å². The van der Waals surface area contributed by atoms with Crippen LogP contribution in [0, 0.1) is 0 Å². The minimum atomic E-state index is -0.0670. The predicted molar refractivity (Wildman–Crippen MR) is 88.0 cm³/mol. The van der Waals surface area contributed by atoms with Gasteiger partial charge in [0.25, 0.3) is 5.91 Å². The molecule has 0 spiro atoms. The molecule has 7 heteroatoms. The molecule has 1 aromatic carbocycles. The van der Waals surface area contributed by atoms with E-state index in [0.717, 1.165) is 30.8 Å². The van der Waals surface area contributed by atoms with Crippen LogP contribution >= 0.6 is 0 Å². The van der Waals surface area contributed by atoms with Crippen LogP contribution in [0.4, 0.5) is 0 Å². The number of likely N-dealkylation sites (tertiary alicyclic amines) is 1. The first kappa shape index (κ1) is 14.6. The molecule has 3 aromatic rings. The molecule has 0 saturated carbocycles. The molecule has 1 N–H and O–H groups in total. The van der Waals surface area contributed by atoms with Crippen LogP contribution in [0.3, 0.4) is 0 Å². The smallest absolute Gasteiger partial charge is 0.257 e. The summed E-state index contributed by atoms with van der Waals surface area (Å²) in [5.41, 5.74) is 1.57. The summed E-state index contributed by atoms with van der Waals surface area (Å²) in [5.74, 6) is 1.39. The van der Waals surface area contributed by atoms with Crippen molar-refractivity contribution in [3.63, 3.8) is 0 Å². The standard InChI is InChI=1S/C17H18N6O/c1-22-11-13(10-18-22)17(24)23-9-5-8-14(23)16-19-15(20-21-16)12-6-3-2-4-7-12/h2-4,6-7,10-11,14H,5,8-9H2,1H3,(H,19,20,21). The molecule has 2 aromatic heterocycles. The van der Waals surface area contributed by atoms with Crippen LogP contribution in [-0.4, -0.2) is 42.3 Å². The Hall–Kier alpha value is -2.96. The minimum Gasteiger partial charge on any atom is -0.328 e. The molecule has 3 heterocycles. The molecule has 0 bridgehead atoms. The van der Waals surface area contributed by atoms with Gasteiger partial charge in [0.2, 0.25) is 0 Å². The third-order valence-corrected chi connectivity index (χ3v) is 4.32. The Kier molecular flexibility index (Phi) is 3.60. The van der Waals surface area contributed by atoms with Crippen LogP contribution in [0.1, 0.15) is 35.1 Å². The number of carbonyl (C=O) groups excluding carboxylic acids is 1. The van der Waals surface area contributed by atoms with Gasteiger partial charge in [-0.2, -0.15) is 10.2 Å². The molecule has 24 heavy (non-hydrogen) atoms. The van der Waals surface area contributed by atoms with E-state index in [1.165, 1.54) is 0 Å². The number of amides is 1. The fraction of sp³-hybridized carbons (Fsp3) is 0.294. The highest BCUT2D eigenvalue weighted by molar-refractivity contribution is 5.94. The van der Waals surface area contributed by atoms with E-state index >= 15 is 0 Å². The first-order valence-corrected chi connectivity index (χ1v) is 8.00. The lowest BCUT2D eigenvalue weighted by Crippen LogP contribution is -2.30. The number of aromatic nitrogens is 5. The Morgan fingerprint density at radius 1 is 1.29 bits per heavy atom. The van der Waals surface area contributed by atoms with E-state index in [4.69, 9.17) is 0 Å². The molecule has 1 fully saturated rings. The number of aromatic amines is 1. The zero-order valence-corrected chi connectivity index (χ0v) is 13.4. The van der Waals surface area contributed by atoms with E-state index in [0.29, 0.717) is 11.4 Å². The number of carbonyl (C=O) groups is 1. The predicted octanol–water partition coefficient (Wildman–Crippen LogP) is 2.18. The van der Waals surface area contributed by atoms with Crippen LogP contribution in [0.5, 0.6) is 0 Å². The van der Waals surface area contributed by atoms with E-state index in [1.54, 1.807) is 24.1 Å². The van der Waals surface area contributed by atoms with Crippen molar-refractivity contribution < 1.29 is 4.79 Å². The van der Waals surface area contributed by atoms with Gasteiger partial charge in [-0.15, -0.1) is 0 Å². The van der Waals surface area contributed by atoms with Gasteiger partial charge in [0.1, 0.15) is 5.82 Å². The Balaban J connectivity index is 1.59. The third-order valence-electron chi connectivity index (χ3n) is 4.32. The van der Waals surface area contributed by atoms with Crippen molar-refractivity contribution in [2.45, 2.75) is 18.9 Å².